The minimum absolute atomic E-state index is 0.328. The van der Waals surface area contributed by atoms with Gasteiger partial charge < -0.3 is 0 Å². The molecule has 2 saturated carbocycles. The second kappa shape index (κ2) is 4.27. The largest absolute Gasteiger partial charge is 0.300 e. The van der Waals surface area contributed by atoms with Crippen molar-refractivity contribution in [2.45, 2.75) is 52.9 Å². The van der Waals surface area contributed by atoms with Crippen molar-refractivity contribution in [1.29, 1.82) is 0 Å². The summed E-state index contributed by atoms with van der Waals surface area (Å²) in [6.07, 6.45) is 6.97. The lowest BCUT2D eigenvalue weighted by Crippen LogP contribution is -2.23. The summed E-state index contributed by atoms with van der Waals surface area (Å²) in [6.45, 7) is 6.16. The zero-order chi connectivity index (χ0) is 11.0. The van der Waals surface area contributed by atoms with E-state index in [4.69, 9.17) is 0 Å². The van der Waals surface area contributed by atoms with E-state index in [-0.39, 0.29) is 0 Å². The highest BCUT2D eigenvalue weighted by Crippen LogP contribution is 2.50. The molecule has 2 fully saturated rings. The Kier molecular flexibility index (Phi) is 3.18. The summed E-state index contributed by atoms with van der Waals surface area (Å²) in [4.78, 5) is 11.6. The second-order valence-electron chi connectivity index (χ2n) is 6.13. The van der Waals surface area contributed by atoms with E-state index in [1.54, 1.807) is 6.92 Å². The molecule has 0 radical (unpaired) electrons. The zero-order valence-electron chi connectivity index (χ0n) is 10.3. The topological polar surface area (TPSA) is 17.1 Å². The highest BCUT2D eigenvalue weighted by Gasteiger charge is 2.40. The average molecular weight is 208 g/mol. The number of ketones is 1. The molecule has 0 N–H and O–H groups in total. The molecule has 0 heterocycles. The first-order valence-electron chi connectivity index (χ1n) is 6.58. The van der Waals surface area contributed by atoms with E-state index in [0.29, 0.717) is 17.6 Å². The van der Waals surface area contributed by atoms with Crippen molar-refractivity contribution in [3.8, 4) is 0 Å². The number of rotatable bonds is 4. The number of fused-ring (bicyclic) bond motifs is 2. The van der Waals surface area contributed by atoms with Crippen LogP contribution in [0.5, 0.6) is 0 Å². The maximum atomic E-state index is 11.6. The molecule has 0 aromatic carbocycles. The normalized spacial score (nSPS) is 36.1. The fourth-order valence-corrected chi connectivity index (χ4v) is 3.90. The molecule has 0 amide bonds. The Hall–Kier alpha value is -0.330. The predicted octanol–water partition coefficient (Wildman–Crippen LogP) is 3.67. The smallest absolute Gasteiger partial charge is 0.133 e. The SMILES string of the molecule is CC(=O)C(CC1CC2CCC1C2)C(C)C. The van der Waals surface area contributed by atoms with Gasteiger partial charge in [-0.1, -0.05) is 20.3 Å². The Morgan fingerprint density at radius 3 is 2.40 bits per heavy atom. The highest BCUT2D eigenvalue weighted by molar-refractivity contribution is 5.78. The highest BCUT2D eigenvalue weighted by atomic mass is 16.1. The van der Waals surface area contributed by atoms with E-state index < -0.39 is 0 Å². The summed E-state index contributed by atoms with van der Waals surface area (Å²) >= 11 is 0. The molecule has 86 valence electrons. The standard InChI is InChI=1S/C14H24O/c1-9(2)14(10(3)15)8-13-7-11-4-5-12(13)6-11/h9,11-14H,4-8H2,1-3H3. The number of hydrogen-bond acceptors (Lipinski definition) is 1. The third kappa shape index (κ3) is 2.26. The Morgan fingerprint density at radius 1 is 1.27 bits per heavy atom. The van der Waals surface area contributed by atoms with Gasteiger partial charge in [0.25, 0.3) is 0 Å². The molecule has 0 aromatic rings. The molecule has 15 heavy (non-hydrogen) atoms. The Morgan fingerprint density at radius 2 is 2.00 bits per heavy atom. The van der Waals surface area contributed by atoms with E-state index >= 15 is 0 Å². The van der Waals surface area contributed by atoms with Gasteiger partial charge in [0.05, 0.1) is 0 Å². The van der Waals surface area contributed by atoms with Crippen LogP contribution in [0.25, 0.3) is 0 Å². The quantitative estimate of drug-likeness (QED) is 0.689. The van der Waals surface area contributed by atoms with Gasteiger partial charge in [-0.05, 0) is 56.3 Å². The number of carbonyl (C=O) groups excluding carboxylic acids is 1. The van der Waals surface area contributed by atoms with Crippen LogP contribution in [-0.2, 0) is 4.79 Å². The van der Waals surface area contributed by atoms with Crippen molar-refractivity contribution in [2.75, 3.05) is 0 Å². The molecule has 1 heteroatoms. The van der Waals surface area contributed by atoms with Gasteiger partial charge in [0.1, 0.15) is 5.78 Å². The lowest BCUT2D eigenvalue weighted by Gasteiger charge is -2.27. The summed E-state index contributed by atoms with van der Waals surface area (Å²) in [5.74, 6) is 4.12. The van der Waals surface area contributed by atoms with E-state index in [2.05, 4.69) is 13.8 Å². The number of Topliss-reactive ketones (excluding diaryl/α,β-unsaturated/α-hetero) is 1. The van der Waals surface area contributed by atoms with Crippen LogP contribution >= 0.6 is 0 Å². The van der Waals surface area contributed by atoms with Gasteiger partial charge in [-0.2, -0.15) is 0 Å². The van der Waals surface area contributed by atoms with Gasteiger partial charge in [-0.15, -0.1) is 0 Å². The van der Waals surface area contributed by atoms with Crippen LogP contribution in [0.3, 0.4) is 0 Å². The van der Waals surface area contributed by atoms with Crippen LogP contribution in [0.1, 0.15) is 52.9 Å². The van der Waals surface area contributed by atoms with Crippen molar-refractivity contribution < 1.29 is 4.79 Å². The minimum Gasteiger partial charge on any atom is -0.300 e. The van der Waals surface area contributed by atoms with Crippen molar-refractivity contribution in [3.63, 3.8) is 0 Å². The summed E-state index contributed by atoms with van der Waals surface area (Å²) in [7, 11) is 0. The van der Waals surface area contributed by atoms with E-state index in [1.165, 1.54) is 32.1 Å². The molecular formula is C14H24O. The van der Waals surface area contributed by atoms with Gasteiger partial charge in [0, 0.05) is 5.92 Å². The maximum absolute atomic E-state index is 11.6. The summed E-state index contributed by atoms with van der Waals surface area (Å²) in [6, 6.07) is 0. The van der Waals surface area contributed by atoms with Crippen LogP contribution < -0.4 is 0 Å². The molecule has 2 bridgehead atoms. The molecular weight excluding hydrogens is 184 g/mol. The van der Waals surface area contributed by atoms with Crippen molar-refractivity contribution in [2.24, 2.45) is 29.6 Å². The fourth-order valence-electron chi connectivity index (χ4n) is 3.90. The molecule has 2 aliphatic carbocycles. The summed E-state index contributed by atoms with van der Waals surface area (Å²) in [5, 5.41) is 0. The first-order chi connectivity index (χ1) is 7.08. The molecule has 0 saturated heterocycles. The van der Waals surface area contributed by atoms with E-state index in [9.17, 15) is 4.79 Å². The van der Waals surface area contributed by atoms with Gasteiger partial charge in [-0.25, -0.2) is 0 Å². The first-order valence-corrected chi connectivity index (χ1v) is 6.58. The molecule has 0 aromatic heterocycles. The third-order valence-electron chi connectivity index (χ3n) is 4.77. The number of hydrogen-bond donors (Lipinski definition) is 0. The first kappa shape index (κ1) is 11.2. The van der Waals surface area contributed by atoms with E-state index in [1.807, 2.05) is 0 Å². The van der Waals surface area contributed by atoms with Crippen molar-refractivity contribution in [1.82, 2.24) is 0 Å². The predicted molar refractivity (Wildman–Crippen MR) is 62.6 cm³/mol. The molecule has 0 spiro atoms. The molecule has 0 aliphatic heterocycles. The van der Waals surface area contributed by atoms with E-state index in [0.717, 1.165) is 17.8 Å². The maximum Gasteiger partial charge on any atom is 0.133 e. The van der Waals surface area contributed by atoms with Gasteiger partial charge >= 0.3 is 0 Å². The third-order valence-corrected chi connectivity index (χ3v) is 4.77. The summed E-state index contributed by atoms with van der Waals surface area (Å²) in [5.41, 5.74) is 0. The van der Waals surface area contributed by atoms with Gasteiger partial charge in [0.15, 0.2) is 0 Å². The Bertz CT molecular complexity index is 244. The molecule has 4 atom stereocenters. The molecule has 1 nitrogen and oxygen atoms in total. The molecule has 2 rings (SSSR count). The molecule has 4 unspecified atom stereocenters. The van der Waals surface area contributed by atoms with Crippen molar-refractivity contribution >= 4 is 5.78 Å². The fraction of sp³-hybridized carbons (Fsp3) is 0.929. The van der Waals surface area contributed by atoms with Gasteiger partial charge in [-0.3, -0.25) is 4.79 Å². The summed E-state index contributed by atoms with van der Waals surface area (Å²) < 4.78 is 0. The second-order valence-corrected chi connectivity index (χ2v) is 6.13. The Balaban J connectivity index is 1.92. The van der Waals surface area contributed by atoms with Crippen LogP contribution in [-0.4, -0.2) is 5.78 Å². The molecule has 2 aliphatic rings. The van der Waals surface area contributed by atoms with Gasteiger partial charge in [0.2, 0.25) is 0 Å². The van der Waals surface area contributed by atoms with Crippen molar-refractivity contribution in [3.05, 3.63) is 0 Å². The van der Waals surface area contributed by atoms with Crippen LogP contribution in [0.15, 0.2) is 0 Å². The minimum atomic E-state index is 0.328. The monoisotopic (exact) mass is 208 g/mol. The average Bonchev–Trinajstić information content (AvgIpc) is 2.73. The van der Waals surface area contributed by atoms with Crippen LogP contribution in [0, 0.1) is 29.6 Å². The van der Waals surface area contributed by atoms with Crippen LogP contribution in [0.2, 0.25) is 0 Å². The number of carbonyl (C=O) groups is 1. The lowest BCUT2D eigenvalue weighted by molar-refractivity contribution is -0.122. The van der Waals surface area contributed by atoms with Crippen LogP contribution in [0.4, 0.5) is 0 Å². The lowest BCUT2D eigenvalue weighted by atomic mass is 9.77. The zero-order valence-corrected chi connectivity index (χ0v) is 10.3. The Labute approximate surface area is 93.6 Å².